The molecule has 1 aliphatic carbocycles. The van der Waals surface area contributed by atoms with Crippen molar-refractivity contribution >= 4 is 5.91 Å². The minimum Gasteiger partial charge on any atom is -0.349 e. The zero-order valence-corrected chi connectivity index (χ0v) is 14.2. The van der Waals surface area contributed by atoms with Gasteiger partial charge in [-0.3, -0.25) is 4.79 Å². The topological polar surface area (TPSA) is 75.1 Å². The number of carbonyl (C=O) groups is 1. The molecule has 0 radical (unpaired) electrons. The highest BCUT2D eigenvalue weighted by Gasteiger charge is 2.36. The molecular formula is C16H28N6O. The Kier molecular flexibility index (Phi) is 4.96. The standard InChI is InChI=1S/C16H28N6O/c1-21(2)16(7-3-4-8-16)12-18-15(23)14-11-22(20-19-14)13-5-9-17-10-6-13/h11,13,17H,3-10,12H2,1-2H3,(H,18,23). The Balaban J connectivity index is 1.59. The zero-order valence-electron chi connectivity index (χ0n) is 14.2. The van der Waals surface area contributed by atoms with Crippen molar-refractivity contribution in [1.82, 2.24) is 30.5 Å². The van der Waals surface area contributed by atoms with E-state index in [9.17, 15) is 4.79 Å². The van der Waals surface area contributed by atoms with Crippen molar-refractivity contribution in [2.24, 2.45) is 0 Å². The Morgan fingerprint density at radius 3 is 2.74 bits per heavy atom. The Morgan fingerprint density at radius 2 is 2.09 bits per heavy atom. The van der Waals surface area contributed by atoms with Gasteiger partial charge < -0.3 is 15.5 Å². The van der Waals surface area contributed by atoms with Crippen LogP contribution in [0.5, 0.6) is 0 Å². The maximum Gasteiger partial charge on any atom is 0.273 e. The Morgan fingerprint density at radius 1 is 1.39 bits per heavy atom. The van der Waals surface area contributed by atoms with E-state index < -0.39 is 0 Å². The quantitative estimate of drug-likeness (QED) is 0.840. The van der Waals surface area contributed by atoms with E-state index in [1.54, 1.807) is 6.20 Å². The molecule has 0 atom stereocenters. The second-order valence-corrected chi connectivity index (χ2v) is 7.07. The molecule has 23 heavy (non-hydrogen) atoms. The van der Waals surface area contributed by atoms with E-state index in [0.717, 1.165) is 38.8 Å². The van der Waals surface area contributed by atoms with Gasteiger partial charge in [0.25, 0.3) is 5.91 Å². The van der Waals surface area contributed by atoms with E-state index >= 15 is 0 Å². The van der Waals surface area contributed by atoms with Crippen LogP contribution in [0.15, 0.2) is 6.20 Å². The average Bonchev–Trinajstić information content (AvgIpc) is 3.24. The van der Waals surface area contributed by atoms with Crippen molar-refractivity contribution < 1.29 is 4.79 Å². The monoisotopic (exact) mass is 320 g/mol. The lowest BCUT2D eigenvalue weighted by molar-refractivity contribution is 0.0895. The lowest BCUT2D eigenvalue weighted by Gasteiger charge is -2.36. The number of carbonyl (C=O) groups excluding carboxylic acids is 1. The predicted octanol–water partition coefficient (Wildman–Crippen LogP) is 0.807. The van der Waals surface area contributed by atoms with Crippen molar-refractivity contribution in [1.29, 1.82) is 0 Å². The number of hydrogen-bond acceptors (Lipinski definition) is 5. The van der Waals surface area contributed by atoms with Crippen LogP contribution in [-0.4, -0.2) is 65.1 Å². The van der Waals surface area contributed by atoms with Crippen molar-refractivity contribution in [2.75, 3.05) is 33.7 Å². The summed E-state index contributed by atoms with van der Waals surface area (Å²) in [5.41, 5.74) is 0.524. The van der Waals surface area contributed by atoms with Gasteiger partial charge in [0.2, 0.25) is 0 Å². The molecule has 1 amide bonds. The van der Waals surface area contributed by atoms with Crippen LogP contribution in [0.2, 0.25) is 0 Å². The molecule has 7 heteroatoms. The molecule has 0 bridgehead atoms. The fourth-order valence-corrected chi connectivity index (χ4v) is 3.78. The molecule has 3 rings (SSSR count). The third-order valence-electron chi connectivity index (χ3n) is 5.49. The van der Waals surface area contributed by atoms with Crippen LogP contribution in [0, 0.1) is 0 Å². The molecule has 128 valence electrons. The number of nitrogens with zero attached hydrogens (tertiary/aromatic N) is 4. The minimum absolute atomic E-state index is 0.0979. The molecule has 2 heterocycles. The molecular weight excluding hydrogens is 292 g/mol. The molecule has 1 saturated carbocycles. The molecule has 7 nitrogen and oxygen atoms in total. The van der Waals surface area contributed by atoms with Crippen LogP contribution in [0.3, 0.4) is 0 Å². The molecule has 1 saturated heterocycles. The number of rotatable bonds is 5. The van der Waals surface area contributed by atoms with Crippen molar-refractivity contribution in [3.63, 3.8) is 0 Å². The molecule has 0 unspecified atom stereocenters. The summed E-state index contributed by atoms with van der Waals surface area (Å²) < 4.78 is 1.85. The summed E-state index contributed by atoms with van der Waals surface area (Å²) in [5.74, 6) is -0.113. The number of amides is 1. The van der Waals surface area contributed by atoms with Crippen molar-refractivity contribution in [3.05, 3.63) is 11.9 Å². The largest absolute Gasteiger partial charge is 0.349 e. The van der Waals surface area contributed by atoms with Gasteiger partial charge in [0.1, 0.15) is 0 Å². The Hall–Kier alpha value is -1.47. The minimum atomic E-state index is -0.113. The number of piperidine rings is 1. The predicted molar refractivity (Wildman–Crippen MR) is 88.4 cm³/mol. The van der Waals surface area contributed by atoms with Crippen LogP contribution < -0.4 is 10.6 Å². The maximum absolute atomic E-state index is 12.4. The molecule has 1 aromatic heterocycles. The van der Waals surface area contributed by atoms with Crippen LogP contribution >= 0.6 is 0 Å². The van der Waals surface area contributed by atoms with Gasteiger partial charge in [-0.2, -0.15) is 0 Å². The van der Waals surface area contributed by atoms with E-state index in [1.165, 1.54) is 12.8 Å². The average molecular weight is 320 g/mol. The van der Waals surface area contributed by atoms with E-state index in [2.05, 4.69) is 39.9 Å². The van der Waals surface area contributed by atoms with E-state index in [0.29, 0.717) is 18.3 Å². The fraction of sp³-hybridized carbons (Fsp3) is 0.812. The lowest BCUT2D eigenvalue weighted by Crippen LogP contribution is -2.50. The molecule has 0 spiro atoms. The zero-order chi connectivity index (χ0) is 16.3. The highest BCUT2D eigenvalue weighted by atomic mass is 16.2. The lowest BCUT2D eigenvalue weighted by atomic mass is 9.96. The van der Waals surface area contributed by atoms with Gasteiger partial charge in [-0.25, -0.2) is 4.68 Å². The van der Waals surface area contributed by atoms with Gasteiger partial charge in [0.15, 0.2) is 5.69 Å². The summed E-state index contributed by atoms with van der Waals surface area (Å²) in [5, 5.41) is 14.6. The van der Waals surface area contributed by atoms with Gasteiger partial charge in [0.05, 0.1) is 12.2 Å². The first kappa shape index (κ1) is 16.4. The Bertz CT molecular complexity index is 528. The normalized spacial score (nSPS) is 21.7. The van der Waals surface area contributed by atoms with Gasteiger partial charge in [-0.15, -0.1) is 5.10 Å². The van der Waals surface area contributed by atoms with Crippen LogP contribution in [0.4, 0.5) is 0 Å². The highest BCUT2D eigenvalue weighted by Crippen LogP contribution is 2.33. The first-order valence-electron chi connectivity index (χ1n) is 8.69. The van der Waals surface area contributed by atoms with Crippen molar-refractivity contribution in [3.8, 4) is 0 Å². The molecule has 2 fully saturated rings. The first-order chi connectivity index (χ1) is 11.1. The van der Waals surface area contributed by atoms with E-state index in [-0.39, 0.29) is 11.4 Å². The van der Waals surface area contributed by atoms with E-state index in [4.69, 9.17) is 0 Å². The smallest absolute Gasteiger partial charge is 0.273 e. The molecule has 2 aliphatic rings. The molecule has 0 aromatic carbocycles. The summed E-state index contributed by atoms with van der Waals surface area (Å²) in [7, 11) is 4.20. The van der Waals surface area contributed by atoms with E-state index in [1.807, 2.05) is 4.68 Å². The molecule has 1 aromatic rings. The third kappa shape index (κ3) is 3.55. The highest BCUT2D eigenvalue weighted by molar-refractivity contribution is 5.91. The summed E-state index contributed by atoms with van der Waals surface area (Å²) >= 11 is 0. The number of nitrogens with one attached hydrogen (secondary N) is 2. The fourth-order valence-electron chi connectivity index (χ4n) is 3.78. The maximum atomic E-state index is 12.4. The summed E-state index contributed by atoms with van der Waals surface area (Å²) in [6.45, 7) is 2.67. The number of aromatic nitrogens is 3. The van der Waals surface area contributed by atoms with Gasteiger partial charge in [-0.1, -0.05) is 18.1 Å². The van der Waals surface area contributed by atoms with Crippen LogP contribution in [0.1, 0.15) is 55.1 Å². The molecule has 1 aliphatic heterocycles. The first-order valence-corrected chi connectivity index (χ1v) is 8.69. The summed E-state index contributed by atoms with van der Waals surface area (Å²) in [6.07, 6.45) is 8.62. The van der Waals surface area contributed by atoms with Crippen LogP contribution in [0.25, 0.3) is 0 Å². The summed E-state index contributed by atoms with van der Waals surface area (Å²) in [4.78, 5) is 14.7. The van der Waals surface area contributed by atoms with Crippen molar-refractivity contribution in [2.45, 2.75) is 50.1 Å². The van der Waals surface area contributed by atoms with Crippen LogP contribution in [-0.2, 0) is 0 Å². The number of likely N-dealkylation sites (N-methyl/N-ethyl adjacent to an activating group) is 1. The van der Waals surface area contributed by atoms with Gasteiger partial charge in [-0.05, 0) is 52.9 Å². The molecule has 2 N–H and O–H groups in total. The number of hydrogen-bond donors (Lipinski definition) is 2. The second kappa shape index (κ2) is 6.97. The summed E-state index contributed by atoms with van der Waals surface area (Å²) in [6, 6.07) is 0.355. The Labute approximate surface area is 137 Å². The SMILES string of the molecule is CN(C)C1(CNC(=O)c2cn(C3CCNCC3)nn2)CCCC1. The second-order valence-electron chi connectivity index (χ2n) is 7.07. The third-order valence-corrected chi connectivity index (χ3v) is 5.49. The van der Waals surface area contributed by atoms with Gasteiger partial charge >= 0.3 is 0 Å². The van der Waals surface area contributed by atoms with Gasteiger partial charge in [0, 0.05) is 12.1 Å².